The van der Waals surface area contributed by atoms with E-state index in [1.165, 1.54) is 16.2 Å². The van der Waals surface area contributed by atoms with E-state index in [1.54, 1.807) is 19.2 Å². The third-order valence-electron chi connectivity index (χ3n) is 5.24. The number of ether oxygens (including phenoxy) is 1. The molecule has 30 heavy (non-hydrogen) atoms. The van der Waals surface area contributed by atoms with Crippen molar-refractivity contribution >= 4 is 44.1 Å². The van der Waals surface area contributed by atoms with Gasteiger partial charge < -0.3 is 14.8 Å². The summed E-state index contributed by atoms with van der Waals surface area (Å²) >= 11 is 1.41. The average Bonchev–Trinajstić information content (AvgIpc) is 3.19. The Labute approximate surface area is 177 Å². The molecule has 0 aliphatic carbocycles. The minimum absolute atomic E-state index is 0.101. The Morgan fingerprint density at radius 3 is 2.50 bits per heavy atom. The van der Waals surface area contributed by atoms with Gasteiger partial charge in [-0.3, -0.25) is 9.69 Å². The molecule has 2 heterocycles. The van der Waals surface area contributed by atoms with E-state index in [2.05, 4.69) is 4.98 Å². The molecule has 7 heteroatoms. The number of nitrogens with zero attached hydrogens (tertiary/aromatic N) is 1. The number of fused-ring (bicyclic) bond motifs is 3. The number of benzene rings is 2. The Morgan fingerprint density at radius 2 is 1.90 bits per heavy atom. The summed E-state index contributed by atoms with van der Waals surface area (Å²) in [6, 6.07) is 11.1. The fraction of sp³-hybridized carbons (Fsp3) is 0.217. The zero-order chi connectivity index (χ0) is 21.6. The number of hydrogen-bond acceptors (Lipinski definition) is 4. The predicted octanol–water partition coefficient (Wildman–Crippen LogP) is 5.62. The number of pyridine rings is 1. The van der Waals surface area contributed by atoms with Gasteiger partial charge in [-0.15, -0.1) is 11.3 Å². The number of rotatable bonds is 4. The lowest BCUT2D eigenvalue weighted by Gasteiger charge is -2.24. The Morgan fingerprint density at radius 1 is 1.20 bits per heavy atom. The van der Waals surface area contributed by atoms with Crippen LogP contribution in [0.2, 0.25) is 0 Å². The Bertz CT molecular complexity index is 1320. The SMILES string of the molecule is COc1cc(C)c2[nH]c(=O)c3sccc3c2c1-c1ccc(N(C(=O)O)C(C)C)cc1. The highest BCUT2D eigenvalue weighted by atomic mass is 32.1. The fourth-order valence-corrected chi connectivity index (χ4v) is 4.73. The average molecular weight is 423 g/mol. The molecule has 4 rings (SSSR count). The van der Waals surface area contributed by atoms with Crippen LogP contribution in [0.15, 0.2) is 46.6 Å². The normalized spacial score (nSPS) is 11.4. The summed E-state index contributed by atoms with van der Waals surface area (Å²) < 4.78 is 6.38. The maximum absolute atomic E-state index is 12.5. The standard InChI is InChI=1S/C23H22N2O4S/c1-12(2)25(23(27)28)15-7-5-14(6-8-15)18-17(29-4)11-13(3)20-19(18)16-9-10-30-21(16)22(26)24-20/h5-12H,1-4H3,(H,24,26)(H,27,28). The maximum atomic E-state index is 12.5. The molecule has 0 fully saturated rings. The largest absolute Gasteiger partial charge is 0.496 e. The van der Waals surface area contributed by atoms with E-state index in [9.17, 15) is 14.7 Å². The van der Waals surface area contributed by atoms with Gasteiger partial charge in [-0.2, -0.15) is 0 Å². The van der Waals surface area contributed by atoms with Crippen LogP contribution in [0.25, 0.3) is 32.1 Å². The molecule has 0 atom stereocenters. The summed E-state index contributed by atoms with van der Waals surface area (Å²) in [5.41, 5.74) is 3.95. The first kappa shape index (κ1) is 20.0. The molecule has 2 aromatic carbocycles. The molecule has 0 bridgehead atoms. The second kappa shape index (κ2) is 7.50. The third kappa shape index (κ3) is 3.11. The van der Waals surface area contributed by atoms with Crippen molar-refractivity contribution < 1.29 is 14.6 Å². The summed E-state index contributed by atoms with van der Waals surface area (Å²) in [5, 5.41) is 13.3. The van der Waals surface area contributed by atoms with E-state index >= 15 is 0 Å². The van der Waals surface area contributed by atoms with Crippen LogP contribution in [0, 0.1) is 6.92 Å². The second-order valence-corrected chi connectivity index (χ2v) is 8.35. The van der Waals surface area contributed by atoms with Crippen LogP contribution in [0.1, 0.15) is 19.4 Å². The van der Waals surface area contributed by atoms with Gasteiger partial charge in [-0.1, -0.05) is 12.1 Å². The molecule has 0 aliphatic rings. The molecule has 0 aliphatic heterocycles. The number of anilines is 1. The van der Waals surface area contributed by atoms with Crippen molar-refractivity contribution in [1.29, 1.82) is 0 Å². The number of amides is 1. The number of aromatic nitrogens is 1. The van der Waals surface area contributed by atoms with Crippen molar-refractivity contribution in [3.8, 4) is 16.9 Å². The van der Waals surface area contributed by atoms with E-state index in [4.69, 9.17) is 4.74 Å². The molecule has 4 aromatic rings. The summed E-state index contributed by atoms with van der Waals surface area (Å²) in [6.07, 6.45) is -0.992. The van der Waals surface area contributed by atoms with Gasteiger partial charge in [0.15, 0.2) is 0 Å². The minimum atomic E-state index is -0.992. The van der Waals surface area contributed by atoms with E-state index in [0.717, 1.165) is 33.0 Å². The van der Waals surface area contributed by atoms with E-state index in [-0.39, 0.29) is 11.6 Å². The highest BCUT2D eigenvalue weighted by Crippen LogP contribution is 2.42. The molecule has 154 valence electrons. The van der Waals surface area contributed by atoms with Crippen LogP contribution in [-0.2, 0) is 0 Å². The summed E-state index contributed by atoms with van der Waals surface area (Å²) in [6.45, 7) is 5.61. The second-order valence-electron chi connectivity index (χ2n) is 7.43. The lowest BCUT2D eigenvalue weighted by Crippen LogP contribution is -2.35. The molecule has 0 unspecified atom stereocenters. The van der Waals surface area contributed by atoms with Gasteiger partial charge in [0.25, 0.3) is 5.56 Å². The number of aryl methyl sites for hydroxylation is 1. The van der Waals surface area contributed by atoms with Gasteiger partial charge in [0.05, 0.1) is 12.6 Å². The summed E-state index contributed by atoms with van der Waals surface area (Å²) in [4.78, 5) is 28.5. The molecule has 0 radical (unpaired) electrons. The first-order valence-corrected chi connectivity index (χ1v) is 10.4. The fourth-order valence-electron chi connectivity index (χ4n) is 3.93. The van der Waals surface area contributed by atoms with Gasteiger partial charge >= 0.3 is 6.09 Å². The number of thiophene rings is 1. The van der Waals surface area contributed by atoms with E-state index in [0.29, 0.717) is 16.1 Å². The lowest BCUT2D eigenvalue weighted by atomic mass is 9.95. The molecule has 0 spiro atoms. The van der Waals surface area contributed by atoms with Crippen molar-refractivity contribution in [1.82, 2.24) is 4.98 Å². The number of carboxylic acid groups (broad SMARTS) is 1. The van der Waals surface area contributed by atoms with Crippen LogP contribution in [0.5, 0.6) is 5.75 Å². The quantitative estimate of drug-likeness (QED) is 0.447. The van der Waals surface area contributed by atoms with Gasteiger partial charge in [0.2, 0.25) is 0 Å². The molecular formula is C23H22N2O4S. The number of carbonyl (C=O) groups is 1. The first-order valence-electron chi connectivity index (χ1n) is 9.56. The van der Waals surface area contributed by atoms with Gasteiger partial charge in [-0.25, -0.2) is 4.79 Å². The highest BCUT2D eigenvalue weighted by molar-refractivity contribution is 7.17. The van der Waals surface area contributed by atoms with Crippen LogP contribution in [-0.4, -0.2) is 29.3 Å². The number of nitrogens with one attached hydrogen (secondary N) is 1. The van der Waals surface area contributed by atoms with Crippen molar-refractivity contribution in [3.63, 3.8) is 0 Å². The van der Waals surface area contributed by atoms with Gasteiger partial charge in [0.1, 0.15) is 10.4 Å². The smallest absolute Gasteiger partial charge is 0.412 e. The minimum Gasteiger partial charge on any atom is -0.496 e. The first-order chi connectivity index (χ1) is 14.3. The molecule has 2 N–H and O–H groups in total. The lowest BCUT2D eigenvalue weighted by molar-refractivity contribution is 0.200. The number of methoxy groups -OCH3 is 1. The predicted molar refractivity (Wildman–Crippen MR) is 122 cm³/mol. The molecular weight excluding hydrogens is 400 g/mol. The van der Waals surface area contributed by atoms with Crippen molar-refractivity contribution in [2.45, 2.75) is 26.8 Å². The molecule has 1 amide bonds. The molecule has 6 nitrogen and oxygen atoms in total. The van der Waals surface area contributed by atoms with Crippen LogP contribution >= 0.6 is 11.3 Å². The maximum Gasteiger partial charge on any atom is 0.412 e. The highest BCUT2D eigenvalue weighted by Gasteiger charge is 2.20. The van der Waals surface area contributed by atoms with Gasteiger partial charge in [0, 0.05) is 28.1 Å². The van der Waals surface area contributed by atoms with Crippen LogP contribution in [0.4, 0.5) is 10.5 Å². The zero-order valence-electron chi connectivity index (χ0n) is 17.1. The topological polar surface area (TPSA) is 82.6 Å². The summed E-state index contributed by atoms with van der Waals surface area (Å²) in [7, 11) is 1.62. The Kier molecular flexibility index (Phi) is 4.99. The molecule has 2 aromatic heterocycles. The zero-order valence-corrected chi connectivity index (χ0v) is 18.0. The summed E-state index contributed by atoms with van der Waals surface area (Å²) in [5.74, 6) is 0.700. The molecule has 0 saturated carbocycles. The van der Waals surface area contributed by atoms with E-state index < -0.39 is 6.09 Å². The molecule has 0 saturated heterocycles. The van der Waals surface area contributed by atoms with E-state index in [1.807, 2.05) is 50.4 Å². The van der Waals surface area contributed by atoms with Crippen LogP contribution < -0.4 is 15.2 Å². The van der Waals surface area contributed by atoms with Crippen LogP contribution in [0.3, 0.4) is 0 Å². The third-order valence-corrected chi connectivity index (χ3v) is 6.16. The van der Waals surface area contributed by atoms with Crippen molar-refractivity contribution in [2.75, 3.05) is 12.0 Å². The Balaban J connectivity index is 2.01. The Hall–Kier alpha value is -3.32. The van der Waals surface area contributed by atoms with Crippen molar-refractivity contribution in [3.05, 3.63) is 57.7 Å². The number of H-pyrrole nitrogens is 1. The number of hydrogen-bond donors (Lipinski definition) is 2. The van der Waals surface area contributed by atoms with Gasteiger partial charge in [-0.05, 0) is 61.5 Å². The van der Waals surface area contributed by atoms with Crippen molar-refractivity contribution in [2.24, 2.45) is 0 Å². The monoisotopic (exact) mass is 422 g/mol. The number of aromatic amines is 1.